The normalized spacial score (nSPS) is 11.3. The van der Waals surface area contributed by atoms with Gasteiger partial charge in [0, 0.05) is 31.9 Å². The first-order valence-electron chi connectivity index (χ1n) is 8.87. The largest absolute Gasteiger partial charge is 0.256 e. The average Bonchev–Trinajstić information content (AvgIpc) is 3.06. The summed E-state index contributed by atoms with van der Waals surface area (Å²) < 4.78 is 16.0. The molecule has 3 aromatic carbocycles. The molecule has 0 saturated heterocycles. The lowest BCUT2D eigenvalue weighted by Gasteiger charge is -2.06. The minimum Gasteiger partial charge on any atom is -0.256 e. The van der Waals surface area contributed by atoms with Crippen molar-refractivity contribution in [2.75, 3.05) is 0 Å². The molecular formula is C24H16FNS. The Hall–Kier alpha value is -3.04. The lowest BCUT2D eigenvalue weighted by molar-refractivity contribution is 0.630. The quantitative estimate of drug-likeness (QED) is 0.339. The zero-order valence-corrected chi connectivity index (χ0v) is 15.3. The highest BCUT2D eigenvalue weighted by atomic mass is 32.1. The molecule has 0 fully saturated rings. The van der Waals surface area contributed by atoms with E-state index < -0.39 is 0 Å². The van der Waals surface area contributed by atoms with Gasteiger partial charge in [-0.15, -0.1) is 11.3 Å². The van der Waals surface area contributed by atoms with E-state index in [4.69, 9.17) is 0 Å². The van der Waals surface area contributed by atoms with E-state index in [9.17, 15) is 4.39 Å². The maximum atomic E-state index is 13.7. The van der Waals surface area contributed by atoms with Gasteiger partial charge in [-0.3, -0.25) is 4.98 Å². The second-order valence-corrected chi connectivity index (χ2v) is 7.75. The fourth-order valence-electron chi connectivity index (χ4n) is 3.48. The predicted octanol–water partition coefficient (Wildman–Crippen LogP) is 6.85. The van der Waals surface area contributed by atoms with Crippen molar-refractivity contribution >= 4 is 31.5 Å². The summed E-state index contributed by atoms with van der Waals surface area (Å²) in [5.41, 5.74) is 4.51. The summed E-state index contributed by atoms with van der Waals surface area (Å²) in [6.07, 6.45) is 2.74. The van der Waals surface area contributed by atoms with Gasteiger partial charge < -0.3 is 0 Å². The summed E-state index contributed by atoms with van der Waals surface area (Å²) in [6.45, 7) is 0. The van der Waals surface area contributed by atoms with Gasteiger partial charge in [0.15, 0.2) is 0 Å². The number of nitrogens with zero attached hydrogens (tertiary/aromatic N) is 1. The zero-order valence-electron chi connectivity index (χ0n) is 14.5. The highest BCUT2D eigenvalue weighted by molar-refractivity contribution is 7.25. The molecule has 0 bridgehead atoms. The third-order valence-corrected chi connectivity index (χ3v) is 5.95. The number of pyridine rings is 1. The highest BCUT2D eigenvalue weighted by Crippen LogP contribution is 2.36. The van der Waals surface area contributed by atoms with E-state index in [0.717, 1.165) is 33.2 Å². The summed E-state index contributed by atoms with van der Waals surface area (Å²) >= 11 is 1.69. The van der Waals surface area contributed by atoms with E-state index in [-0.39, 0.29) is 5.82 Å². The van der Waals surface area contributed by atoms with Gasteiger partial charge in [0.1, 0.15) is 5.82 Å². The molecule has 0 spiro atoms. The minimum absolute atomic E-state index is 0.199. The summed E-state index contributed by atoms with van der Waals surface area (Å²) in [5, 5.41) is 2.06. The standard InChI is InChI=1S/C24H16FNS/c25-19-7-9-24-21(15-19)20-14-18(6-8-23(20)27-24)22-13-17(10-11-26-22)12-16-4-2-1-3-5-16/h1-11,13-15H,12H2. The molecule has 130 valence electrons. The van der Waals surface area contributed by atoms with Gasteiger partial charge in [0.05, 0.1) is 5.69 Å². The Kier molecular flexibility index (Phi) is 3.95. The van der Waals surface area contributed by atoms with E-state index in [1.165, 1.54) is 21.9 Å². The van der Waals surface area contributed by atoms with Crippen molar-refractivity contribution in [2.45, 2.75) is 6.42 Å². The lowest BCUT2D eigenvalue weighted by Crippen LogP contribution is -1.91. The van der Waals surface area contributed by atoms with E-state index in [2.05, 4.69) is 59.6 Å². The predicted molar refractivity (Wildman–Crippen MR) is 112 cm³/mol. The smallest absolute Gasteiger partial charge is 0.123 e. The first kappa shape index (κ1) is 16.2. The van der Waals surface area contributed by atoms with Crippen LogP contribution in [-0.2, 0) is 6.42 Å². The Morgan fingerprint density at radius 2 is 1.52 bits per heavy atom. The molecule has 0 saturated carbocycles. The Bertz CT molecular complexity index is 1260. The SMILES string of the molecule is Fc1ccc2sc3ccc(-c4cc(Cc5ccccc5)ccn4)cc3c2c1. The highest BCUT2D eigenvalue weighted by Gasteiger charge is 2.09. The molecule has 0 aliphatic heterocycles. The van der Waals surface area contributed by atoms with Crippen molar-refractivity contribution in [3.63, 3.8) is 0 Å². The van der Waals surface area contributed by atoms with Gasteiger partial charge in [-0.25, -0.2) is 4.39 Å². The average molecular weight is 369 g/mol. The second kappa shape index (κ2) is 6.60. The second-order valence-electron chi connectivity index (χ2n) is 6.67. The monoisotopic (exact) mass is 369 g/mol. The van der Waals surface area contributed by atoms with Crippen LogP contribution in [0.1, 0.15) is 11.1 Å². The summed E-state index contributed by atoms with van der Waals surface area (Å²) in [5.74, 6) is -0.199. The van der Waals surface area contributed by atoms with Crippen LogP contribution in [0.3, 0.4) is 0 Å². The first-order valence-corrected chi connectivity index (χ1v) is 9.69. The number of benzene rings is 3. The van der Waals surface area contributed by atoms with E-state index >= 15 is 0 Å². The topological polar surface area (TPSA) is 12.9 Å². The van der Waals surface area contributed by atoms with Crippen LogP contribution in [0.25, 0.3) is 31.4 Å². The molecule has 0 unspecified atom stereocenters. The van der Waals surface area contributed by atoms with Gasteiger partial charge in [-0.05, 0) is 60.0 Å². The van der Waals surface area contributed by atoms with Crippen molar-refractivity contribution < 1.29 is 4.39 Å². The number of rotatable bonds is 3. The minimum atomic E-state index is -0.199. The third-order valence-electron chi connectivity index (χ3n) is 4.80. The van der Waals surface area contributed by atoms with Crippen LogP contribution < -0.4 is 0 Å². The Labute approximate surface area is 160 Å². The number of hydrogen-bond acceptors (Lipinski definition) is 2. The zero-order chi connectivity index (χ0) is 18.2. The van der Waals surface area contributed by atoms with E-state index in [1.807, 2.05) is 18.3 Å². The maximum Gasteiger partial charge on any atom is 0.123 e. The van der Waals surface area contributed by atoms with Crippen molar-refractivity contribution in [2.24, 2.45) is 0 Å². The lowest BCUT2D eigenvalue weighted by atomic mass is 10.0. The van der Waals surface area contributed by atoms with E-state index in [0.29, 0.717) is 0 Å². The van der Waals surface area contributed by atoms with Crippen molar-refractivity contribution in [3.8, 4) is 11.3 Å². The molecule has 5 aromatic rings. The van der Waals surface area contributed by atoms with Crippen LogP contribution in [0, 0.1) is 5.82 Å². The molecule has 0 amide bonds. The Balaban J connectivity index is 1.58. The van der Waals surface area contributed by atoms with Gasteiger partial charge >= 0.3 is 0 Å². The van der Waals surface area contributed by atoms with Gasteiger partial charge in [0.2, 0.25) is 0 Å². The van der Waals surface area contributed by atoms with Crippen LogP contribution in [0.5, 0.6) is 0 Å². The van der Waals surface area contributed by atoms with Gasteiger partial charge in [-0.1, -0.05) is 36.4 Å². The van der Waals surface area contributed by atoms with Gasteiger partial charge in [-0.2, -0.15) is 0 Å². The number of hydrogen-bond donors (Lipinski definition) is 0. The molecule has 1 nitrogen and oxygen atoms in total. The molecule has 0 N–H and O–H groups in total. The molecular weight excluding hydrogens is 353 g/mol. The Morgan fingerprint density at radius 1 is 0.741 bits per heavy atom. The fraction of sp³-hybridized carbons (Fsp3) is 0.0417. The number of halogens is 1. The molecule has 5 rings (SSSR count). The number of thiophene rings is 1. The molecule has 0 radical (unpaired) electrons. The fourth-order valence-corrected chi connectivity index (χ4v) is 4.55. The number of fused-ring (bicyclic) bond motifs is 3. The maximum absolute atomic E-state index is 13.7. The van der Waals surface area contributed by atoms with E-state index in [1.54, 1.807) is 17.4 Å². The Morgan fingerprint density at radius 3 is 2.37 bits per heavy atom. The molecule has 0 aliphatic carbocycles. The summed E-state index contributed by atoms with van der Waals surface area (Å²) in [6, 6.07) is 26.0. The van der Waals surface area contributed by atoms with Crippen LogP contribution >= 0.6 is 11.3 Å². The first-order chi connectivity index (χ1) is 13.3. The molecule has 2 aromatic heterocycles. The van der Waals surface area contributed by atoms with Crippen LogP contribution in [-0.4, -0.2) is 4.98 Å². The third kappa shape index (κ3) is 3.11. The van der Waals surface area contributed by atoms with Crippen molar-refractivity contribution in [3.05, 3.63) is 102 Å². The number of aromatic nitrogens is 1. The molecule has 27 heavy (non-hydrogen) atoms. The molecule has 3 heteroatoms. The van der Waals surface area contributed by atoms with Crippen molar-refractivity contribution in [1.29, 1.82) is 0 Å². The summed E-state index contributed by atoms with van der Waals surface area (Å²) in [4.78, 5) is 4.57. The van der Waals surface area contributed by atoms with Crippen molar-refractivity contribution in [1.82, 2.24) is 4.98 Å². The van der Waals surface area contributed by atoms with Crippen LogP contribution in [0.15, 0.2) is 85.1 Å². The molecule has 2 heterocycles. The van der Waals surface area contributed by atoms with Crippen LogP contribution in [0.2, 0.25) is 0 Å². The van der Waals surface area contributed by atoms with Gasteiger partial charge in [0.25, 0.3) is 0 Å². The van der Waals surface area contributed by atoms with Crippen LogP contribution in [0.4, 0.5) is 4.39 Å². The molecule has 0 atom stereocenters. The molecule has 0 aliphatic rings. The summed E-state index contributed by atoms with van der Waals surface area (Å²) in [7, 11) is 0.